The normalized spacial score (nSPS) is 24.0. The molecule has 0 spiro atoms. The SMILES string of the molecule is C1CCOC1.C1CC[SiH2]CC1. The molecule has 0 radical (unpaired) electrons. The van der Waals surface area contributed by atoms with E-state index in [1.54, 1.807) is 24.9 Å². The van der Waals surface area contributed by atoms with Gasteiger partial charge in [-0.15, -0.1) is 0 Å². The fourth-order valence-electron chi connectivity index (χ4n) is 1.57. The molecule has 0 aromatic heterocycles. The summed E-state index contributed by atoms with van der Waals surface area (Å²) in [6.07, 6.45) is 7.21. The van der Waals surface area contributed by atoms with Gasteiger partial charge < -0.3 is 4.74 Å². The standard InChI is InChI=1S/C5H12Si.C4H8O/c1-2-4-6-5-3-1;1-2-4-5-3-1/h1-6H2;1-4H2. The van der Waals surface area contributed by atoms with Crippen molar-refractivity contribution in [2.24, 2.45) is 0 Å². The molecule has 2 fully saturated rings. The van der Waals surface area contributed by atoms with Crippen molar-refractivity contribution >= 4 is 9.52 Å². The van der Waals surface area contributed by atoms with E-state index in [1.807, 2.05) is 0 Å². The Morgan fingerprint density at radius 2 is 1.36 bits per heavy atom. The molecule has 0 saturated carbocycles. The van der Waals surface area contributed by atoms with E-state index in [0.717, 1.165) is 13.2 Å². The van der Waals surface area contributed by atoms with Crippen molar-refractivity contribution in [2.45, 2.75) is 44.2 Å². The second-order valence-electron chi connectivity index (χ2n) is 3.44. The summed E-state index contributed by atoms with van der Waals surface area (Å²) in [7, 11) is 0.508. The zero-order valence-corrected chi connectivity index (χ0v) is 8.89. The van der Waals surface area contributed by atoms with Crippen molar-refractivity contribution in [3.8, 4) is 0 Å². The highest BCUT2D eigenvalue weighted by molar-refractivity contribution is 6.35. The second-order valence-corrected chi connectivity index (χ2v) is 5.56. The highest BCUT2D eigenvalue weighted by Crippen LogP contribution is 2.10. The highest BCUT2D eigenvalue weighted by atomic mass is 28.2. The van der Waals surface area contributed by atoms with E-state index < -0.39 is 0 Å². The van der Waals surface area contributed by atoms with Gasteiger partial charge in [0.1, 0.15) is 0 Å². The van der Waals surface area contributed by atoms with E-state index in [0.29, 0.717) is 9.52 Å². The molecule has 11 heavy (non-hydrogen) atoms. The average Bonchev–Trinajstić information content (AvgIpc) is 2.64. The summed E-state index contributed by atoms with van der Waals surface area (Å²) in [5.74, 6) is 0. The maximum atomic E-state index is 4.94. The van der Waals surface area contributed by atoms with Crippen molar-refractivity contribution in [1.82, 2.24) is 0 Å². The van der Waals surface area contributed by atoms with Crippen molar-refractivity contribution < 1.29 is 4.74 Å². The van der Waals surface area contributed by atoms with Gasteiger partial charge in [-0.2, -0.15) is 0 Å². The predicted molar refractivity (Wildman–Crippen MR) is 52.1 cm³/mol. The van der Waals surface area contributed by atoms with Crippen LogP contribution in [0.1, 0.15) is 32.1 Å². The molecule has 2 saturated heterocycles. The van der Waals surface area contributed by atoms with Crippen LogP contribution in [0, 0.1) is 0 Å². The summed E-state index contributed by atoms with van der Waals surface area (Å²) in [6, 6.07) is 3.28. The van der Waals surface area contributed by atoms with Gasteiger partial charge in [-0.25, -0.2) is 0 Å². The van der Waals surface area contributed by atoms with Crippen molar-refractivity contribution in [3.63, 3.8) is 0 Å². The van der Waals surface area contributed by atoms with E-state index in [-0.39, 0.29) is 0 Å². The Hall–Kier alpha value is 0.177. The monoisotopic (exact) mass is 172 g/mol. The van der Waals surface area contributed by atoms with Crippen molar-refractivity contribution in [3.05, 3.63) is 0 Å². The van der Waals surface area contributed by atoms with Crippen LogP contribution in [0.3, 0.4) is 0 Å². The lowest BCUT2D eigenvalue weighted by Crippen LogP contribution is -1.94. The van der Waals surface area contributed by atoms with E-state index in [1.165, 1.54) is 19.3 Å². The van der Waals surface area contributed by atoms with Crippen LogP contribution in [0.2, 0.25) is 12.1 Å². The predicted octanol–water partition coefficient (Wildman–Crippen LogP) is 1.97. The average molecular weight is 172 g/mol. The highest BCUT2D eigenvalue weighted by Gasteiger charge is 1.96. The number of hydrogen-bond donors (Lipinski definition) is 0. The quantitative estimate of drug-likeness (QED) is 0.508. The molecule has 66 valence electrons. The van der Waals surface area contributed by atoms with Gasteiger partial charge in [0.2, 0.25) is 0 Å². The molecule has 2 rings (SSSR count). The van der Waals surface area contributed by atoms with Gasteiger partial charge in [0, 0.05) is 22.7 Å². The molecule has 0 atom stereocenters. The minimum Gasteiger partial charge on any atom is -0.381 e. The fourth-order valence-corrected chi connectivity index (χ4v) is 3.34. The molecule has 0 aliphatic carbocycles. The fraction of sp³-hybridized carbons (Fsp3) is 1.00. The lowest BCUT2D eigenvalue weighted by Gasteiger charge is -2.04. The van der Waals surface area contributed by atoms with Crippen molar-refractivity contribution in [2.75, 3.05) is 13.2 Å². The first-order chi connectivity index (χ1) is 5.50. The number of hydrogen-bond acceptors (Lipinski definition) is 1. The Morgan fingerprint density at radius 1 is 0.727 bits per heavy atom. The first kappa shape index (κ1) is 9.27. The molecule has 0 aromatic rings. The molecule has 0 bridgehead atoms. The van der Waals surface area contributed by atoms with E-state index in [4.69, 9.17) is 4.74 Å². The Bertz CT molecular complexity index is 58.5. The first-order valence-electron chi connectivity index (χ1n) is 5.08. The van der Waals surface area contributed by atoms with Gasteiger partial charge in [0.05, 0.1) is 0 Å². The van der Waals surface area contributed by atoms with Crippen LogP contribution >= 0.6 is 0 Å². The minimum absolute atomic E-state index is 0.508. The number of rotatable bonds is 0. The molecule has 2 aliphatic rings. The molecule has 0 N–H and O–H groups in total. The maximum absolute atomic E-state index is 4.94. The van der Waals surface area contributed by atoms with Crippen LogP contribution in [0.4, 0.5) is 0 Å². The third kappa shape index (κ3) is 5.45. The lowest BCUT2D eigenvalue weighted by molar-refractivity contribution is 0.198. The molecular weight excluding hydrogens is 152 g/mol. The molecule has 0 aromatic carbocycles. The third-order valence-corrected chi connectivity index (χ3v) is 4.33. The summed E-state index contributed by atoms with van der Waals surface area (Å²) < 4.78 is 4.94. The number of ether oxygens (including phenoxy) is 1. The lowest BCUT2D eigenvalue weighted by atomic mass is 10.3. The smallest absolute Gasteiger partial charge is 0.0466 e. The van der Waals surface area contributed by atoms with Gasteiger partial charge in [0.15, 0.2) is 0 Å². The Morgan fingerprint density at radius 3 is 1.55 bits per heavy atom. The first-order valence-corrected chi connectivity index (χ1v) is 7.08. The Labute approximate surface area is 72.3 Å². The van der Waals surface area contributed by atoms with Gasteiger partial charge in [-0.05, 0) is 12.8 Å². The Balaban J connectivity index is 0.000000112. The summed E-state index contributed by atoms with van der Waals surface area (Å²) in [5, 5.41) is 0. The van der Waals surface area contributed by atoms with Gasteiger partial charge in [-0.1, -0.05) is 31.4 Å². The van der Waals surface area contributed by atoms with Crippen LogP contribution in [0.25, 0.3) is 0 Å². The molecule has 0 amide bonds. The molecule has 1 nitrogen and oxygen atoms in total. The summed E-state index contributed by atoms with van der Waals surface area (Å²) in [6.45, 7) is 2.00. The van der Waals surface area contributed by atoms with Gasteiger partial charge in [0.25, 0.3) is 0 Å². The van der Waals surface area contributed by atoms with Crippen LogP contribution in [-0.2, 0) is 4.74 Å². The minimum atomic E-state index is 0.508. The third-order valence-electron chi connectivity index (χ3n) is 2.33. The zero-order valence-electron chi connectivity index (χ0n) is 7.48. The summed E-state index contributed by atoms with van der Waals surface area (Å²) in [5.41, 5.74) is 0. The van der Waals surface area contributed by atoms with Gasteiger partial charge >= 0.3 is 0 Å². The summed E-state index contributed by atoms with van der Waals surface area (Å²) >= 11 is 0. The van der Waals surface area contributed by atoms with Crippen molar-refractivity contribution in [1.29, 1.82) is 0 Å². The van der Waals surface area contributed by atoms with E-state index in [2.05, 4.69) is 0 Å². The van der Waals surface area contributed by atoms with E-state index >= 15 is 0 Å². The largest absolute Gasteiger partial charge is 0.381 e. The molecule has 0 unspecified atom stereocenters. The van der Waals surface area contributed by atoms with Crippen LogP contribution in [-0.4, -0.2) is 22.7 Å². The maximum Gasteiger partial charge on any atom is 0.0466 e. The van der Waals surface area contributed by atoms with Gasteiger partial charge in [-0.3, -0.25) is 0 Å². The zero-order chi connectivity index (χ0) is 7.78. The molecule has 2 heteroatoms. The van der Waals surface area contributed by atoms with Crippen LogP contribution in [0.5, 0.6) is 0 Å². The molecule has 2 aliphatic heterocycles. The van der Waals surface area contributed by atoms with Crippen LogP contribution in [0.15, 0.2) is 0 Å². The molecule has 2 heterocycles. The topological polar surface area (TPSA) is 9.23 Å². The molecular formula is C9H20OSi. The van der Waals surface area contributed by atoms with E-state index in [9.17, 15) is 0 Å². The summed E-state index contributed by atoms with van der Waals surface area (Å²) in [4.78, 5) is 0. The second kappa shape index (κ2) is 6.86. The van der Waals surface area contributed by atoms with Crippen LogP contribution < -0.4 is 0 Å². The Kier molecular flexibility index (Phi) is 5.78.